The van der Waals surface area contributed by atoms with Crippen LogP contribution in [0.5, 0.6) is 17.2 Å². The lowest BCUT2D eigenvalue weighted by Crippen LogP contribution is -2.65. The van der Waals surface area contributed by atoms with Gasteiger partial charge in [0, 0.05) is 24.3 Å². The van der Waals surface area contributed by atoms with Gasteiger partial charge in [-0.25, -0.2) is 4.79 Å². The largest absolute Gasteiger partial charge is 0.504 e. The van der Waals surface area contributed by atoms with Crippen molar-refractivity contribution in [2.75, 3.05) is 26.4 Å². The van der Waals surface area contributed by atoms with E-state index in [-0.39, 0.29) is 48.7 Å². The Labute approximate surface area is 320 Å². The highest BCUT2D eigenvalue weighted by Crippen LogP contribution is 2.38. The average Bonchev–Trinajstić information content (AvgIpc) is 3.19. The molecule has 2 aromatic rings. The molecule has 2 aromatic carbocycles. The van der Waals surface area contributed by atoms with E-state index in [0.717, 1.165) is 11.8 Å². The van der Waals surface area contributed by atoms with Crippen molar-refractivity contribution in [2.45, 2.75) is 93.9 Å². The number of hydrogen-bond acceptors (Lipinski definition) is 18. The smallest absolute Gasteiger partial charge is 0.337 e. The van der Waals surface area contributed by atoms with Gasteiger partial charge in [0.25, 0.3) is 0 Å². The summed E-state index contributed by atoms with van der Waals surface area (Å²) in [5.74, 6) is -1.88. The number of aliphatic hydroxyl groups excluding tert-OH is 7. The van der Waals surface area contributed by atoms with Crippen molar-refractivity contribution >= 4 is 11.9 Å². The van der Waals surface area contributed by atoms with E-state index < -0.39 is 98.8 Å². The molecule has 306 valence electrons. The maximum Gasteiger partial charge on any atom is 0.337 e. The van der Waals surface area contributed by atoms with Crippen LogP contribution in [0.3, 0.4) is 0 Å². The van der Waals surface area contributed by atoms with E-state index in [1.807, 2.05) is 0 Å². The number of benzene rings is 2. The van der Waals surface area contributed by atoms with Crippen LogP contribution in [0.25, 0.3) is 0 Å². The van der Waals surface area contributed by atoms with Crippen molar-refractivity contribution in [3.63, 3.8) is 0 Å². The van der Waals surface area contributed by atoms with E-state index in [2.05, 4.69) is 0 Å². The van der Waals surface area contributed by atoms with Crippen LogP contribution in [0.2, 0.25) is 0 Å². The number of rotatable bonds is 6. The Balaban J connectivity index is 1.22. The molecule has 0 amide bonds. The number of ether oxygens (including phenoxy) is 8. The third-order valence-electron chi connectivity index (χ3n) is 9.98. The van der Waals surface area contributed by atoms with Gasteiger partial charge in [-0.1, -0.05) is 24.3 Å². The summed E-state index contributed by atoms with van der Waals surface area (Å²) in [6.45, 7) is -0.0548. The molecule has 0 radical (unpaired) electrons. The lowest BCUT2D eigenvalue weighted by Gasteiger charge is -2.46. The first kappa shape index (κ1) is 41.5. The first-order valence-electron chi connectivity index (χ1n) is 18.1. The minimum Gasteiger partial charge on any atom is -0.504 e. The third kappa shape index (κ3) is 9.17. The van der Waals surface area contributed by atoms with Gasteiger partial charge >= 0.3 is 11.9 Å². The normalized spacial score (nSPS) is 35.1. The number of aliphatic hydroxyl groups is 7. The summed E-state index contributed by atoms with van der Waals surface area (Å²) in [5.41, 5.74) is 1.73. The molecule has 0 aliphatic carbocycles. The average molecular weight is 791 g/mol. The van der Waals surface area contributed by atoms with Crippen molar-refractivity contribution < 1.29 is 88.3 Å². The molecule has 2 saturated heterocycles. The highest BCUT2D eigenvalue weighted by Gasteiger charge is 2.52. The van der Waals surface area contributed by atoms with Crippen molar-refractivity contribution in [3.05, 3.63) is 77.1 Å². The summed E-state index contributed by atoms with van der Waals surface area (Å²) in [4.78, 5) is 26.8. The molecule has 8 N–H and O–H groups in total. The molecule has 5 aliphatic rings. The van der Waals surface area contributed by atoms with E-state index in [1.54, 1.807) is 43.3 Å². The number of carbonyl (C=O) groups is 2. The van der Waals surface area contributed by atoms with Gasteiger partial charge in [-0.05, 0) is 42.3 Å². The number of carbonyl (C=O) groups excluding carboxylic acids is 2. The Morgan fingerprint density at radius 1 is 0.768 bits per heavy atom. The van der Waals surface area contributed by atoms with Crippen LogP contribution in [-0.4, -0.2) is 147 Å². The van der Waals surface area contributed by atoms with Gasteiger partial charge in [-0.2, -0.15) is 0 Å². The highest BCUT2D eigenvalue weighted by molar-refractivity contribution is 5.91. The lowest BCUT2D eigenvalue weighted by atomic mass is 9.86. The fourth-order valence-electron chi connectivity index (χ4n) is 6.79. The molecule has 18 heteroatoms. The molecule has 0 aromatic heterocycles. The van der Waals surface area contributed by atoms with Crippen molar-refractivity contribution in [3.8, 4) is 17.2 Å². The summed E-state index contributed by atoms with van der Waals surface area (Å²) in [6.07, 6.45) is -15.6. The van der Waals surface area contributed by atoms with Crippen LogP contribution in [0.1, 0.15) is 24.5 Å². The summed E-state index contributed by atoms with van der Waals surface area (Å²) in [7, 11) is 0. The number of phenolic OH excluding ortho intramolecular Hbond substituents is 1. The first-order chi connectivity index (χ1) is 26.9. The Morgan fingerprint density at radius 3 is 2.11 bits per heavy atom. The van der Waals surface area contributed by atoms with Crippen molar-refractivity contribution in [1.29, 1.82) is 0 Å². The maximum absolute atomic E-state index is 13.5. The van der Waals surface area contributed by atoms with Crippen LogP contribution < -0.4 is 4.74 Å². The van der Waals surface area contributed by atoms with E-state index in [1.165, 1.54) is 12.1 Å². The molecule has 0 spiro atoms. The Hall–Kier alpha value is -4.18. The molecule has 56 heavy (non-hydrogen) atoms. The van der Waals surface area contributed by atoms with Crippen LogP contribution in [0.4, 0.5) is 0 Å². The number of hydrogen-bond donors (Lipinski definition) is 8. The van der Waals surface area contributed by atoms with E-state index >= 15 is 0 Å². The molecule has 5 aliphatic heterocycles. The molecule has 12 atom stereocenters. The van der Waals surface area contributed by atoms with Gasteiger partial charge in [0.05, 0.1) is 44.7 Å². The predicted octanol–water partition coefficient (Wildman–Crippen LogP) is -0.797. The quantitative estimate of drug-likeness (QED) is 0.132. The molecular weight excluding hydrogens is 744 g/mol. The minimum atomic E-state index is -1.88. The summed E-state index contributed by atoms with van der Waals surface area (Å²) in [6, 6.07) is 11.8. The molecule has 5 heterocycles. The van der Waals surface area contributed by atoms with Gasteiger partial charge in [0.2, 0.25) is 6.29 Å². The second-order valence-electron chi connectivity index (χ2n) is 13.6. The van der Waals surface area contributed by atoms with Crippen LogP contribution in [-0.2, 0) is 55.6 Å². The Morgan fingerprint density at radius 2 is 1.41 bits per heavy atom. The third-order valence-corrected chi connectivity index (χ3v) is 9.98. The van der Waals surface area contributed by atoms with Crippen LogP contribution in [0.15, 0.2) is 65.9 Å². The zero-order chi connectivity index (χ0) is 40.1. The monoisotopic (exact) mass is 790 g/mol. The zero-order valence-corrected chi connectivity index (χ0v) is 30.2. The molecule has 4 bridgehead atoms. The van der Waals surface area contributed by atoms with E-state index in [0.29, 0.717) is 17.7 Å². The fraction of sp³-hybridized carbons (Fsp3) is 0.526. The van der Waals surface area contributed by atoms with Gasteiger partial charge < -0.3 is 78.7 Å². The molecule has 7 rings (SSSR count). The van der Waals surface area contributed by atoms with E-state index in [4.69, 9.17) is 37.9 Å². The Kier molecular flexibility index (Phi) is 13.6. The van der Waals surface area contributed by atoms with Crippen LogP contribution in [0, 0.1) is 5.92 Å². The fourth-order valence-corrected chi connectivity index (χ4v) is 6.79. The van der Waals surface area contributed by atoms with Crippen molar-refractivity contribution in [1.82, 2.24) is 0 Å². The van der Waals surface area contributed by atoms with Gasteiger partial charge in [-0.15, -0.1) is 0 Å². The number of esters is 2. The molecule has 18 nitrogen and oxygen atoms in total. The standard InChI is InChI=1S/C38H46O18/c1-2-21-22-14-28(42)49-11-10-19-5-8-24(41)25(13-19)52-20-6-3-18(4-7-20)9-12-50-35(48)23(22)17-51-36(21)56-38-33(47)34(30(44)27(16-40)54-38)55-37-32(46)31(45)29(43)26(15-39)53-37/h2-8,13,17,22,26-27,29-34,36-41,43-47H,9-12,14-16H2,1H3/t22-,26+,27+,29+,30+,31-,32+,33+,34-,36-,37-,38-/m0/s1. The number of fused-ring (bicyclic) bond motifs is 9. The summed E-state index contributed by atoms with van der Waals surface area (Å²) < 4.78 is 45.5. The van der Waals surface area contributed by atoms with Gasteiger partial charge in [0.15, 0.2) is 24.1 Å². The topological polar surface area (TPSA) is 270 Å². The minimum absolute atomic E-state index is 0.0302. The van der Waals surface area contributed by atoms with Gasteiger partial charge in [-0.3, -0.25) is 4.79 Å². The highest BCUT2D eigenvalue weighted by atomic mass is 16.8. The van der Waals surface area contributed by atoms with Crippen molar-refractivity contribution in [2.24, 2.45) is 5.92 Å². The first-order valence-corrected chi connectivity index (χ1v) is 18.1. The Bertz CT molecular complexity index is 1730. The maximum atomic E-state index is 13.5. The molecular formula is C38H46O18. The number of phenols is 1. The van der Waals surface area contributed by atoms with Crippen LogP contribution >= 0.6 is 0 Å². The second kappa shape index (κ2) is 18.4. The molecule has 0 unspecified atom stereocenters. The molecule has 2 fully saturated rings. The number of aromatic hydroxyl groups is 1. The zero-order valence-electron chi connectivity index (χ0n) is 30.2. The summed E-state index contributed by atoms with van der Waals surface area (Å²) >= 11 is 0. The SMILES string of the molecule is CC=C1[C@H](O[C@@H]2O[C@H](CO)[C@@H](O)[C@H](O[C@@H]3O[C@H](CO)[C@@H](O)[C@H](O)[C@H]3O)[C@H]2O)OC=C2C(=O)OCCc3ccc(cc3)Oc3cc(ccc3O)CCOC(=O)C[C@H]21. The predicted molar refractivity (Wildman–Crippen MR) is 186 cm³/mol. The molecule has 0 saturated carbocycles. The second-order valence-corrected chi connectivity index (χ2v) is 13.6. The lowest BCUT2D eigenvalue weighted by molar-refractivity contribution is -0.369. The van der Waals surface area contributed by atoms with E-state index in [9.17, 15) is 50.4 Å². The van der Waals surface area contributed by atoms with Gasteiger partial charge in [0.1, 0.15) is 54.6 Å². The number of allylic oxidation sites excluding steroid dienone is 1. The summed E-state index contributed by atoms with van der Waals surface area (Å²) in [5, 5.41) is 83.1.